The Morgan fingerprint density at radius 1 is 1.00 bits per heavy atom. The van der Waals surface area contributed by atoms with Crippen LogP contribution in [0.1, 0.15) is 11.1 Å². The Bertz CT molecular complexity index is 1180. The van der Waals surface area contributed by atoms with Gasteiger partial charge in [0.15, 0.2) is 11.5 Å². The van der Waals surface area contributed by atoms with Crippen molar-refractivity contribution < 1.29 is 9.47 Å². The Labute approximate surface area is 166 Å². The summed E-state index contributed by atoms with van der Waals surface area (Å²) in [5.41, 5.74) is 4.01. The van der Waals surface area contributed by atoms with Crippen molar-refractivity contribution in [3.8, 4) is 11.5 Å². The molecule has 28 heavy (non-hydrogen) atoms. The Hall–Kier alpha value is -3.31. The zero-order chi connectivity index (χ0) is 18.9. The highest BCUT2D eigenvalue weighted by molar-refractivity contribution is 6.30. The molecule has 0 amide bonds. The number of fused-ring (bicyclic) bond motifs is 2. The van der Waals surface area contributed by atoms with Crippen LogP contribution in [0.3, 0.4) is 0 Å². The van der Waals surface area contributed by atoms with Crippen LogP contribution in [-0.2, 0) is 6.54 Å². The summed E-state index contributed by atoms with van der Waals surface area (Å²) in [6.45, 7) is 0.915. The highest BCUT2D eigenvalue weighted by atomic mass is 35.5. The van der Waals surface area contributed by atoms with E-state index in [9.17, 15) is 0 Å². The maximum absolute atomic E-state index is 6.02. The van der Waals surface area contributed by atoms with Gasteiger partial charge in [0, 0.05) is 11.2 Å². The minimum atomic E-state index is 0.257. The molecule has 1 aliphatic rings. The van der Waals surface area contributed by atoms with Gasteiger partial charge in [-0.15, -0.1) is 0 Å². The van der Waals surface area contributed by atoms with Crippen molar-refractivity contribution in [2.75, 3.05) is 6.79 Å². The molecule has 0 aliphatic carbocycles. The van der Waals surface area contributed by atoms with E-state index in [0.29, 0.717) is 12.5 Å². The fourth-order valence-electron chi connectivity index (χ4n) is 3.22. The van der Waals surface area contributed by atoms with Crippen LogP contribution in [0, 0.1) is 0 Å². The molecule has 0 saturated heterocycles. The Morgan fingerprint density at radius 3 is 2.71 bits per heavy atom. The summed E-state index contributed by atoms with van der Waals surface area (Å²) in [5, 5.41) is 0.722. The Morgan fingerprint density at radius 2 is 1.82 bits per heavy atom. The quantitative estimate of drug-likeness (QED) is 0.450. The van der Waals surface area contributed by atoms with Crippen LogP contribution < -0.4 is 9.47 Å². The van der Waals surface area contributed by atoms with Gasteiger partial charge in [-0.1, -0.05) is 35.9 Å². The van der Waals surface area contributed by atoms with E-state index < -0.39 is 0 Å². The van der Waals surface area contributed by atoms with Gasteiger partial charge in [-0.2, -0.15) is 0 Å². The summed E-state index contributed by atoms with van der Waals surface area (Å²) < 4.78 is 12.9. The second kappa shape index (κ2) is 7.02. The number of benzene rings is 3. The van der Waals surface area contributed by atoms with E-state index >= 15 is 0 Å². The molecule has 5 rings (SSSR count). The number of hydrogen-bond acceptors (Lipinski definition) is 4. The molecular formula is C22H16ClN3O2. The lowest BCUT2D eigenvalue weighted by Crippen LogP contribution is -1.99. The van der Waals surface area contributed by atoms with E-state index in [1.807, 2.05) is 60.7 Å². The fraction of sp³-hybridized carbons (Fsp3) is 0.0909. The first kappa shape index (κ1) is 16.8. The third-order valence-corrected chi connectivity index (χ3v) is 4.87. The van der Waals surface area contributed by atoms with Gasteiger partial charge < -0.3 is 14.0 Å². The zero-order valence-electron chi connectivity index (χ0n) is 14.9. The molecule has 0 saturated carbocycles. The molecule has 0 bridgehead atoms. The van der Waals surface area contributed by atoms with E-state index in [0.717, 1.165) is 38.7 Å². The summed E-state index contributed by atoms with van der Waals surface area (Å²) in [6.07, 6.45) is 1.79. The molecule has 0 fully saturated rings. The van der Waals surface area contributed by atoms with Gasteiger partial charge in [-0.05, 0) is 53.6 Å². The first-order valence-electron chi connectivity index (χ1n) is 8.90. The largest absolute Gasteiger partial charge is 0.454 e. The predicted octanol–water partition coefficient (Wildman–Crippen LogP) is 5.22. The zero-order valence-corrected chi connectivity index (χ0v) is 15.6. The van der Waals surface area contributed by atoms with E-state index in [-0.39, 0.29) is 6.79 Å². The van der Waals surface area contributed by atoms with Crippen LogP contribution in [0.5, 0.6) is 11.5 Å². The molecule has 138 valence electrons. The first-order chi connectivity index (χ1) is 13.8. The maximum atomic E-state index is 6.02. The summed E-state index contributed by atoms with van der Waals surface area (Å²) >= 11 is 6.02. The average molecular weight is 390 g/mol. The molecule has 3 aromatic carbocycles. The molecule has 0 atom stereocenters. The molecule has 0 radical (unpaired) electrons. The van der Waals surface area contributed by atoms with Crippen molar-refractivity contribution >= 4 is 34.8 Å². The molecule has 0 spiro atoms. The van der Waals surface area contributed by atoms with Crippen molar-refractivity contribution in [1.29, 1.82) is 0 Å². The predicted molar refractivity (Wildman–Crippen MR) is 110 cm³/mol. The minimum absolute atomic E-state index is 0.257. The number of hydrogen-bond donors (Lipinski definition) is 0. The van der Waals surface area contributed by atoms with Gasteiger partial charge in [0.2, 0.25) is 12.7 Å². The highest BCUT2D eigenvalue weighted by Crippen LogP contribution is 2.32. The third-order valence-electron chi connectivity index (χ3n) is 4.61. The number of para-hydroxylation sites is 2. The Kier molecular flexibility index (Phi) is 4.22. The van der Waals surface area contributed by atoms with Gasteiger partial charge in [0.1, 0.15) is 0 Å². The Balaban J connectivity index is 1.52. The third kappa shape index (κ3) is 3.21. The highest BCUT2D eigenvalue weighted by Gasteiger charge is 2.13. The summed E-state index contributed by atoms with van der Waals surface area (Å²) in [6, 6.07) is 21.6. The molecule has 5 nitrogen and oxygen atoms in total. The number of aromatic nitrogens is 2. The van der Waals surface area contributed by atoms with Crippen molar-refractivity contribution in [2.45, 2.75) is 6.54 Å². The van der Waals surface area contributed by atoms with Crippen LogP contribution in [0.15, 0.2) is 71.7 Å². The van der Waals surface area contributed by atoms with Gasteiger partial charge in [-0.3, -0.25) is 0 Å². The second-order valence-electron chi connectivity index (χ2n) is 6.48. The van der Waals surface area contributed by atoms with E-state index in [2.05, 4.69) is 15.6 Å². The van der Waals surface area contributed by atoms with Crippen LogP contribution in [0.25, 0.3) is 11.0 Å². The van der Waals surface area contributed by atoms with E-state index in [4.69, 9.17) is 26.1 Å². The molecule has 0 N–H and O–H groups in total. The molecule has 1 aliphatic heterocycles. The summed E-state index contributed by atoms with van der Waals surface area (Å²) in [4.78, 5) is 9.35. The molecule has 2 heterocycles. The maximum Gasteiger partial charge on any atom is 0.231 e. The number of nitrogens with zero attached hydrogens (tertiary/aromatic N) is 3. The fourth-order valence-corrected chi connectivity index (χ4v) is 3.34. The first-order valence-corrected chi connectivity index (χ1v) is 9.27. The number of aliphatic imine (C=N–C) groups is 1. The molecule has 0 unspecified atom stereocenters. The molecular weight excluding hydrogens is 374 g/mol. The van der Waals surface area contributed by atoms with Crippen molar-refractivity contribution in [3.63, 3.8) is 0 Å². The smallest absolute Gasteiger partial charge is 0.231 e. The standard InChI is InChI=1S/C22H16ClN3O2/c23-17-8-5-15(6-9-17)13-26-19-4-2-1-3-18(19)25-22(26)24-12-16-7-10-20-21(11-16)28-14-27-20/h1-12H,13-14H2. The molecule has 1 aromatic heterocycles. The summed E-state index contributed by atoms with van der Waals surface area (Å²) in [5.74, 6) is 2.14. The lowest BCUT2D eigenvalue weighted by molar-refractivity contribution is 0.174. The number of rotatable bonds is 4. The molecule has 4 aromatic rings. The van der Waals surface area contributed by atoms with Crippen molar-refractivity contribution in [1.82, 2.24) is 9.55 Å². The number of imidazole rings is 1. The van der Waals surface area contributed by atoms with E-state index in [1.165, 1.54) is 0 Å². The van der Waals surface area contributed by atoms with Gasteiger partial charge in [-0.25, -0.2) is 9.98 Å². The lowest BCUT2D eigenvalue weighted by atomic mass is 10.2. The summed E-state index contributed by atoms with van der Waals surface area (Å²) in [7, 11) is 0. The monoisotopic (exact) mass is 389 g/mol. The van der Waals surface area contributed by atoms with Gasteiger partial charge in [0.05, 0.1) is 17.6 Å². The van der Waals surface area contributed by atoms with Crippen molar-refractivity contribution in [3.05, 3.63) is 82.9 Å². The van der Waals surface area contributed by atoms with Crippen molar-refractivity contribution in [2.24, 2.45) is 4.99 Å². The van der Waals surface area contributed by atoms with Crippen LogP contribution in [0.4, 0.5) is 5.95 Å². The number of halogens is 1. The minimum Gasteiger partial charge on any atom is -0.454 e. The number of ether oxygens (including phenoxy) is 2. The van der Waals surface area contributed by atoms with Crippen LogP contribution in [-0.4, -0.2) is 22.6 Å². The molecule has 6 heteroatoms. The topological polar surface area (TPSA) is 48.6 Å². The van der Waals surface area contributed by atoms with Gasteiger partial charge in [0.25, 0.3) is 0 Å². The average Bonchev–Trinajstić information content (AvgIpc) is 3.32. The SMILES string of the molecule is Clc1ccc(Cn2c(N=Cc3ccc4c(c3)OCO4)nc3ccccc32)cc1. The normalized spacial score (nSPS) is 12.9. The van der Waals surface area contributed by atoms with Crippen LogP contribution in [0.2, 0.25) is 5.02 Å². The van der Waals surface area contributed by atoms with Crippen LogP contribution >= 0.6 is 11.6 Å². The lowest BCUT2D eigenvalue weighted by Gasteiger charge is -2.07. The van der Waals surface area contributed by atoms with Gasteiger partial charge >= 0.3 is 0 Å². The van der Waals surface area contributed by atoms with E-state index in [1.54, 1.807) is 6.21 Å². The second-order valence-corrected chi connectivity index (χ2v) is 6.92.